The Morgan fingerprint density at radius 2 is 2.32 bits per heavy atom. The predicted octanol–water partition coefficient (Wildman–Crippen LogP) is 1.15. The van der Waals surface area contributed by atoms with E-state index < -0.39 is 12.3 Å². The van der Waals surface area contributed by atoms with Crippen LogP contribution in [0.25, 0.3) is 0 Å². The number of nitrogens with zero attached hydrogens (tertiary/aromatic N) is 4. The Kier molecular flexibility index (Phi) is 6.04. The molecule has 0 aromatic carbocycles. The molecule has 1 amide bonds. The maximum atomic E-state index is 14.0. The molecule has 2 fully saturated rings. The molecule has 2 aliphatic heterocycles. The highest BCUT2D eigenvalue weighted by atomic mass is 32.1. The van der Waals surface area contributed by atoms with Crippen LogP contribution in [0.3, 0.4) is 0 Å². The van der Waals surface area contributed by atoms with Crippen LogP contribution in [0.4, 0.5) is 4.39 Å². The van der Waals surface area contributed by atoms with Gasteiger partial charge in [-0.15, -0.1) is 11.3 Å². The van der Waals surface area contributed by atoms with Gasteiger partial charge in [0.2, 0.25) is 0 Å². The Morgan fingerprint density at radius 1 is 1.52 bits per heavy atom. The fourth-order valence-electron chi connectivity index (χ4n) is 3.55. The quantitative estimate of drug-likeness (QED) is 0.778. The molecule has 0 bridgehead atoms. The predicted molar refractivity (Wildman–Crippen MR) is 95.4 cm³/mol. The molecule has 25 heavy (non-hydrogen) atoms. The first kappa shape index (κ1) is 18.7. The highest BCUT2D eigenvalue weighted by Gasteiger charge is 2.35. The number of morpholine rings is 1. The van der Waals surface area contributed by atoms with Crippen LogP contribution in [-0.4, -0.2) is 90.8 Å². The molecule has 3 heterocycles. The Labute approximate surface area is 152 Å². The van der Waals surface area contributed by atoms with Gasteiger partial charge >= 0.3 is 0 Å². The van der Waals surface area contributed by atoms with Crippen LogP contribution in [-0.2, 0) is 16.1 Å². The summed E-state index contributed by atoms with van der Waals surface area (Å²) in [5.41, 5.74) is 2.84. The zero-order valence-electron chi connectivity index (χ0n) is 15.2. The van der Waals surface area contributed by atoms with Gasteiger partial charge in [0.15, 0.2) is 0 Å². The summed E-state index contributed by atoms with van der Waals surface area (Å²) in [6.45, 7) is 5.68. The van der Waals surface area contributed by atoms with Crippen molar-refractivity contribution in [3.8, 4) is 0 Å². The smallest absolute Gasteiger partial charge is 0.252 e. The van der Waals surface area contributed by atoms with Gasteiger partial charge in [0.05, 0.1) is 17.8 Å². The number of aryl methyl sites for hydroxylation is 1. The van der Waals surface area contributed by atoms with E-state index in [1.54, 1.807) is 23.3 Å². The van der Waals surface area contributed by atoms with Crippen molar-refractivity contribution in [1.29, 1.82) is 0 Å². The minimum absolute atomic E-state index is 0.0113. The molecule has 3 rings (SSSR count). The summed E-state index contributed by atoms with van der Waals surface area (Å²) in [6, 6.07) is 0.0340. The summed E-state index contributed by atoms with van der Waals surface area (Å²) in [5.74, 6) is -0.0113. The standard InChI is InChI=1S/C17H27FN4O2S/c1-12-16(25-11-19-12)10-22-7-13(18)6-14(22)8-21(3)17(23)15-9-20(2)4-5-24-15/h11,13-15H,4-10H2,1-3H3/t13-,14-,15+/m0/s1. The lowest BCUT2D eigenvalue weighted by Crippen LogP contribution is -2.51. The molecule has 1 aromatic rings. The number of ether oxygens (including phenoxy) is 1. The van der Waals surface area contributed by atoms with Crippen LogP contribution < -0.4 is 0 Å². The monoisotopic (exact) mass is 370 g/mol. The summed E-state index contributed by atoms with van der Waals surface area (Å²) in [4.78, 5) is 24.0. The van der Waals surface area contributed by atoms with Crippen LogP contribution in [0.15, 0.2) is 5.51 Å². The third kappa shape index (κ3) is 4.55. The molecule has 2 saturated heterocycles. The molecular weight excluding hydrogens is 343 g/mol. The minimum atomic E-state index is -0.834. The molecular formula is C17H27FN4O2S. The molecule has 140 valence electrons. The van der Waals surface area contributed by atoms with Crippen LogP contribution in [0.2, 0.25) is 0 Å². The summed E-state index contributed by atoms with van der Waals surface area (Å²) in [6.07, 6.45) is -0.775. The van der Waals surface area contributed by atoms with Gasteiger partial charge in [0.25, 0.3) is 5.91 Å². The summed E-state index contributed by atoms with van der Waals surface area (Å²) < 4.78 is 19.6. The maximum absolute atomic E-state index is 14.0. The topological polar surface area (TPSA) is 48.9 Å². The molecule has 1 aromatic heterocycles. The Hall–Kier alpha value is -1.09. The normalized spacial score (nSPS) is 28.4. The number of rotatable bonds is 5. The molecule has 0 spiro atoms. The molecule has 3 atom stereocenters. The van der Waals surface area contributed by atoms with Crippen LogP contribution in [0.5, 0.6) is 0 Å². The Morgan fingerprint density at radius 3 is 3.00 bits per heavy atom. The maximum Gasteiger partial charge on any atom is 0.252 e. The first-order valence-corrected chi connectivity index (χ1v) is 9.64. The van der Waals surface area contributed by atoms with Gasteiger partial charge in [0, 0.05) is 50.7 Å². The van der Waals surface area contributed by atoms with Crippen LogP contribution in [0, 0.1) is 6.92 Å². The number of halogens is 1. The molecule has 0 aliphatic carbocycles. The van der Waals surface area contributed by atoms with E-state index in [0.29, 0.717) is 39.2 Å². The summed E-state index contributed by atoms with van der Waals surface area (Å²) in [5, 5.41) is 0. The number of thiazole rings is 1. The lowest BCUT2D eigenvalue weighted by atomic mass is 10.1. The van der Waals surface area contributed by atoms with Gasteiger partial charge in [-0.05, 0) is 20.4 Å². The van der Waals surface area contributed by atoms with Gasteiger partial charge in [-0.2, -0.15) is 0 Å². The van der Waals surface area contributed by atoms with E-state index in [-0.39, 0.29) is 11.9 Å². The molecule has 8 heteroatoms. The molecule has 0 radical (unpaired) electrons. The van der Waals surface area contributed by atoms with Crippen molar-refractivity contribution < 1.29 is 13.9 Å². The van der Waals surface area contributed by atoms with E-state index >= 15 is 0 Å². The number of hydrogen-bond acceptors (Lipinski definition) is 6. The highest BCUT2D eigenvalue weighted by Crippen LogP contribution is 2.26. The van der Waals surface area contributed by atoms with Gasteiger partial charge in [-0.3, -0.25) is 9.69 Å². The number of carbonyl (C=O) groups is 1. The summed E-state index contributed by atoms with van der Waals surface area (Å²) >= 11 is 1.61. The molecule has 6 nitrogen and oxygen atoms in total. The second-order valence-corrected chi connectivity index (χ2v) is 8.06. The molecule has 0 saturated carbocycles. The number of hydrogen-bond donors (Lipinski definition) is 0. The van der Waals surface area contributed by atoms with Crippen molar-refractivity contribution >= 4 is 17.2 Å². The number of amides is 1. The van der Waals surface area contributed by atoms with E-state index in [1.807, 2.05) is 19.5 Å². The van der Waals surface area contributed by atoms with E-state index in [9.17, 15) is 9.18 Å². The third-order valence-electron chi connectivity index (χ3n) is 5.07. The SMILES string of the molecule is Cc1ncsc1CN1C[C@@H](F)C[C@H]1CN(C)C(=O)[C@H]1CN(C)CCO1. The van der Waals surface area contributed by atoms with Crippen molar-refractivity contribution in [2.75, 3.05) is 46.9 Å². The van der Waals surface area contributed by atoms with Crippen molar-refractivity contribution in [1.82, 2.24) is 19.7 Å². The number of carbonyl (C=O) groups excluding carboxylic acids is 1. The Bertz CT molecular complexity index is 599. The zero-order valence-corrected chi connectivity index (χ0v) is 16.0. The van der Waals surface area contributed by atoms with Crippen molar-refractivity contribution in [2.24, 2.45) is 0 Å². The van der Waals surface area contributed by atoms with Crippen LogP contribution >= 0.6 is 11.3 Å². The fourth-order valence-corrected chi connectivity index (χ4v) is 4.35. The van der Waals surface area contributed by atoms with E-state index in [0.717, 1.165) is 12.2 Å². The second kappa shape index (κ2) is 8.07. The molecule has 0 unspecified atom stereocenters. The van der Waals surface area contributed by atoms with E-state index in [1.165, 1.54) is 4.88 Å². The largest absolute Gasteiger partial charge is 0.366 e. The van der Waals surface area contributed by atoms with Gasteiger partial charge in [0.1, 0.15) is 12.3 Å². The highest BCUT2D eigenvalue weighted by molar-refractivity contribution is 7.09. The number of likely N-dealkylation sites (tertiary alicyclic amines) is 1. The third-order valence-corrected chi connectivity index (χ3v) is 5.99. The fraction of sp³-hybridized carbons (Fsp3) is 0.765. The molecule has 2 aliphatic rings. The average molecular weight is 370 g/mol. The van der Waals surface area contributed by atoms with Crippen molar-refractivity contribution in [2.45, 2.75) is 38.2 Å². The van der Waals surface area contributed by atoms with Crippen molar-refractivity contribution in [3.05, 3.63) is 16.1 Å². The number of alkyl halides is 1. The Balaban J connectivity index is 1.59. The number of aromatic nitrogens is 1. The van der Waals surface area contributed by atoms with E-state index in [4.69, 9.17) is 4.74 Å². The van der Waals surface area contributed by atoms with Crippen LogP contribution in [0.1, 0.15) is 17.0 Å². The average Bonchev–Trinajstić information content (AvgIpc) is 3.13. The minimum Gasteiger partial charge on any atom is -0.366 e. The van der Waals surface area contributed by atoms with Gasteiger partial charge in [-0.1, -0.05) is 0 Å². The zero-order chi connectivity index (χ0) is 18.0. The second-order valence-electron chi connectivity index (χ2n) is 7.12. The summed E-state index contributed by atoms with van der Waals surface area (Å²) in [7, 11) is 3.79. The number of likely N-dealkylation sites (N-methyl/N-ethyl adjacent to an activating group) is 2. The van der Waals surface area contributed by atoms with Gasteiger partial charge < -0.3 is 14.5 Å². The lowest BCUT2D eigenvalue weighted by Gasteiger charge is -2.33. The first-order chi connectivity index (χ1) is 11.9. The van der Waals surface area contributed by atoms with Gasteiger partial charge in [-0.25, -0.2) is 9.37 Å². The first-order valence-electron chi connectivity index (χ1n) is 8.76. The van der Waals surface area contributed by atoms with E-state index in [2.05, 4.69) is 14.8 Å². The lowest BCUT2D eigenvalue weighted by molar-refractivity contribution is -0.148. The van der Waals surface area contributed by atoms with Crippen molar-refractivity contribution in [3.63, 3.8) is 0 Å². The molecule has 0 N–H and O–H groups in total.